The SMILES string of the molecule is N=C1O[C@@H]2CSC[C@H]2N1C(=O)c1cc(F)cc(F)c1. The third-order valence-electron chi connectivity index (χ3n) is 3.14. The molecule has 4 nitrogen and oxygen atoms in total. The predicted molar refractivity (Wildman–Crippen MR) is 66.2 cm³/mol. The van der Waals surface area contributed by atoms with Crippen LogP contribution < -0.4 is 0 Å². The summed E-state index contributed by atoms with van der Waals surface area (Å²) < 4.78 is 31.6. The van der Waals surface area contributed by atoms with Gasteiger partial charge in [-0.2, -0.15) is 11.8 Å². The Morgan fingerprint density at radius 3 is 2.68 bits per heavy atom. The van der Waals surface area contributed by atoms with E-state index in [1.54, 1.807) is 11.8 Å². The summed E-state index contributed by atoms with van der Waals surface area (Å²) in [5, 5.41) is 7.68. The van der Waals surface area contributed by atoms with Crippen LogP contribution in [0.1, 0.15) is 10.4 Å². The van der Waals surface area contributed by atoms with Gasteiger partial charge in [-0.3, -0.25) is 15.1 Å². The van der Waals surface area contributed by atoms with Crippen molar-refractivity contribution in [3.63, 3.8) is 0 Å². The number of fused-ring (bicyclic) bond motifs is 1. The number of thioether (sulfide) groups is 1. The molecule has 0 spiro atoms. The fourth-order valence-corrected chi connectivity index (χ4v) is 3.55. The van der Waals surface area contributed by atoms with Gasteiger partial charge in [0.15, 0.2) is 0 Å². The topological polar surface area (TPSA) is 53.4 Å². The van der Waals surface area contributed by atoms with Gasteiger partial charge in [-0.25, -0.2) is 8.78 Å². The second-order valence-electron chi connectivity index (χ2n) is 4.40. The maximum Gasteiger partial charge on any atom is 0.292 e. The van der Waals surface area contributed by atoms with Crippen LogP contribution >= 0.6 is 11.8 Å². The number of nitrogens with zero attached hydrogens (tertiary/aromatic N) is 1. The molecule has 2 saturated heterocycles. The highest BCUT2D eigenvalue weighted by Crippen LogP contribution is 2.32. The van der Waals surface area contributed by atoms with E-state index in [-0.39, 0.29) is 23.7 Å². The summed E-state index contributed by atoms with van der Waals surface area (Å²) in [6.07, 6.45) is -0.195. The van der Waals surface area contributed by atoms with Crippen molar-refractivity contribution in [1.82, 2.24) is 4.90 Å². The Labute approximate surface area is 112 Å². The van der Waals surface area contributed by atoms with Gasteiger partial charge in [0.1, 0.15) is 17.7 Å². The monoisotopic (exact) mass is 284 g/mol. The molecule has 1 aromatic rings. The molecule has 2 heterocycles. The third kappa shape index (κ3) is 2.07. The first-order valence-electron chi connectivity index (χ1n) is 5.69. The number of amidine groups is 1. The molecule has 7 heteroatoms. The van der Waals surface area contributed by atoms with Gasteiger partial charge < -0.3 is 4.74 Å². The Morgan fingerprint density at radius 1 is 1.32 bits per heavy atom. The minimum atomic E-state index is -0.813. The predicted octanol–water partition coefficient (Wildman–Crippen LogP) is 1.86. The zero-order chi connectivity index (χ0) is 13.6. The number of carbonyl (C=O) groups excluding carboxylic acids is 1. The molecule has 0 unspecified atom stereocenters. The van der Waals surface area contributed by atoms with Crippen molar-refractivity contribution in [2.45, 2.75) is 12.1 Å². The molecular formula is C12H10F2N2O2S. The molecule has 0 aromatic heterocycles. The van der Waals surface area contributed by atoms with E-state index in [0.717, 1.165) is 12.1 Å². The van der Waals surface area contributed by atoms with Gasteiger partial charge in [0, 0.05) is 23.1 Å². The number of rotatable bonds is 1. The van der Waals surface area contributed by atoms with Crippen molar-refractivity contribution in [1.29, 1.82) is 5.41 Å². The van der Waals surface area contributed by atoms with Crippen LogP contribution in [0.2, 0.25) is 0 Å². The molecule has 2 atom stereocenters. The van der Waals surface area contributed by atoms with Crippen LogP contribution in [0, 0.1) is 17.0 Å². The Hall–Kier alpha value is -1.63. The van der Waals surface area contributed by atoms with Gasteiger partial charge in [-0.05, 0) is 12.1 Å². The second-order valence-corrected chi connectivity index (χ2v) is 5.47. The van der Waals surface area contributed by atoms with E-state index >= 15 is 0 Å². The van der Waals surface area contributed by atoms with Crippen molar-refractivity contribution in [3.8, 4) is 0 Å². The highest BCUT2D eigenvalue weighted by Gasteiger charge is 2.46. The minimum Gasteiger partial charge on any atom is -0.459 e. The highest BCUT2D eigenvalue weighted by atomic mass is 32.2. The van der Waals surface area contributed by atoms with Gasteiger partial charge in [0.2, 0.25) is 0 Å². The standard InChI is InChI=1S/C12H10F2N2O2S/c13-7-1-6(2-8(14)3-7)11(17)16-9-4-19-5-10(9)18-12(16)15/h1-3,9-10,15H,4-5H2/t9-,10-/m1/s1. The molecule has 2 aliphatic rings. The molecule has 19 heavy (non-hydrogen) atoms. The summed E-state index contributed by atoms with van der Waals surface area (Å²) in [6, 6.07) is 2.17. The zero-order valence-electron chi connectivity index (χ0n) is 9.73. The highest BCUT2D eigenvalue weighted by molar-refractivity contribution is 7.99. The van der Waals surface area contributed by atoms with Gasteiger partial charge in [-0.15, -0.1) is 0 Å². The van der Waals surface area contributed by atoms with Gasteiger partial charge in [0.25, 0.3) is 11.9 Å². The van der Waals surface area contributed by atoms with Crippen molar-refractivity contribution in [2.75, 3.05) is 11.5 Å². The Bertz CT molecular complexity index is 546. The average Bonchev–Trinajstić information content (AvgIpc) is 2.86. The van der Waals surface area contributed by atoms with E-state index < -0.39 is 17.5 Å². The van der Waals surface area contributed by atoms with Gasteiger partial charge in [-0.1, -0.05) is 0 Å². The fourth-order valence-electron chi connectivity index (χ4n) is 2.29. The van der Waals surface area contributed by atoms with E-state index in [0.29, 0.717) is 17.6 Å². The van der Waals surface area contributed by atoms with E-state index in [9.17, 15) is 13.6 Å². The molecule has 1 aromatic carbocycles. The van der Waals surface area contributed by atoms with E-state index in [4.69, 9.17) is 10.1 Å². The molecule has 0 aliphatic carbocycles. The molecular weight excluding hydrogens is 274 g/mol. The van der Waals surface area contributed by atoms with Crippen LogP contribution in [-0.2, 0) is 4.74 Å². The summed E-state index contributed by atoms with van der Waals surface area (Å²) >= 11 is 1.63. The van der Waals surface area contributed by atoms with E-state index in [1.165, 1.54) is 4.90 Å². The summed E-state index contributed by atoms with van der Waals surface area (Å²) in [5.74, 6) is -0.844. The first-order chi connectivity index (χ1) is 9.06. The quantitative estimate of drug-likeness (QED) is 0.856. The molecule has 2 aliphatic heterocycles. The smallest absolute Gasteiger partial charge is 0.292 e. The lowest BCUT2D eigenvalue weighted by Crippen LogP contribution is -2.41. The minimum absolute atomic E-state index is 0.108. The van der Waals surface area contributed by atoms with Crippen LogP contribution in [0.15, 0.2) is 18.2 Å². The van der Waals surface area contributed by atoms with E-state index in [1.807, 2.05) is 0 Å². The third-order valence-corrected chi connectivity index (χ3v) is 4.28. The van der Waals surface area contributed by atoms with Crippen LogP contribution in [0.3, 0.4) is 0 Å². The molecule has 0 saturated carbocycles. The van der Waals surface area contributed by atoms with Crippen LogP contribution in [0.25, 0.3) is 0 Å². The Kier molecular flexibility index (Phi) is 2.93. The lowest BCUT2D eigenvalue weighted by molar-refractivity contribution is 0.0822. The van der Waals surface area contributed by atoms with Crippen LogP contribution in [0.4, 0.5) is 8.78 Å². The number of carbonyl (C=O) groups is 1. The maximum atomic E-state index is 13.1. The molecule has 3 rings (SSSR count). The number of hydrogen-bond acceptors (Lipinski definition) is 4. The van der Waals surface area contributed by atoms with Crippen LogP contribution in [-0.4, -0.2) is 40.5 Å². The van der Waals surface area contributed by atoms with Crippen molar-refractivity contribution in [3.05, 3.63) is 35.4 Å². The van der Waals surface area contributed by atoms with Crippen molar-refractivity contribution >= 4 is 23.7 Å². The Morgan fingerprint density at radius 2 is 2.00 bits per heavy atom. The van der Waals surface area contributed by atoms with Gasteiger partial charge >= 0.3 is 0 Å². The lowest BCUT2D eigenvalue weighted by atomic mass is 10.1. The number of amides is 1. The summed E-state index contributed by atoms with van der Waals surface area (Å²) in [7, 11) is 0. The van der Waals surface area contributed by atoms with Crippen molar-refractivity contribution < 1.29 is 18.3 Å². The summed E-state index contributed by atoms with van der Waals surface area (Å²) in [6.45, 7) is 0. The van der Waals surface area contributed by atoms with Gasteiger partial charge in [0.05, 0.1) is 6.04 Å². The fraction of sp³-hybridized carbons (Fsp3) is 0.333. The number of halogens is 2. The number of nitrogens with one attached hydrogen (secondary N) is 1. The molecule has 2 fully saturated rings. The largest absolute Gasteiger partial charge is 0.459 e. The number of ether oxygens (including phenoxy) is 1. The maximum absolute atomic E-state index is 13.1. The average molecular weight is 284 g/mol. The zero-order valence-corrected chi connectivity index (χ0v) is 10.5. The van der Waals surface area contributed by atoms with Crippen molar-refractivity contribution in [2.24, 2.45) is 0 Å². The second kappa shape index (κ2) is 4.48. The molecule has 0 radical (unpaired) electrons. The summed E-state index contributed by atoms with van der Waals surface area (Å²) in [4.78, 5) is 13.4. The number of benzene rings is 1. The molecule has 0 bridgehead atoms. The lowest BCUT2D eigenvalue weighted by Gasteiger charge is -2.19. The first kappa shape index (κ1) is 12.4. The van der Waals surface area contributed by atoms with Crippen LogP contribution in [0.5, 0.6) is 0 Å². The molecule has 1 N–H and O–H groups in total. The number of hydrogen-bond donors (Lipinski definition) is 1. The van der Waals surface area contributed by atoms with E-state index in [2.05, 4.69) is 0 Å². The summed E-state index contributed by atoms with van der Waals surface area (Å²) in [5.41, 5.74) is -0.108. The molecule has 100 valence electrons. The first-order valence-corrected chi connectivity index (χ1v) is 6.84. The normalized spacial score (nSPS) is 25.4. The molecule has 1 amide bonds. The Balaban J connectivity index is 1.92.